The van der Waals surface area contributed by atoms with Gasteiger partial charge in [-0.3, -0.25) is 9.05 Å². The molecule has 11 heteroatoms. The summed E-state index contributed by atoms with van der Waals surface area (Å²) in [6, 6.07) is 0. The minimum absolute atomic E-state index is 0.159. The maximum atomic E-state index is 10.4. The van der Waals surface area contributed by atoms with Gasteiger partial charge in [-0.15, -0.1) is 0 Å². The minimum Gasteiger partial charge on any atom is -0.392 e. The summed E-state index contributed by atoms with van der Waals surface area (Å²) >= 11 is 0. The lowest BCUT2D eigenvalue weighted by Gasteiger charge is -2.16. The quantitative estimate of drug-likeness (QED) is 0.245. The van der Waals surface area contributed by atoms with Gasteiger partial charge in [0.2, 0.25) is 0 Å². The van der Waals surface area contributed by atoms with Crippen LogP contribution in [0, 0.1) is 0 Å². The molecule has 0 bridgehead atoms. The Morgan fingerprint density at radius 2 is 1.56 bits per heavy atom. The van der Waals surface area contributed by atoms with E-state index < -0.39 is 28.5 Å². The maximum Gasteiger partial charge on any atom is 0.472 e. The predicted octanol–water partition coefficient (Wildman–Crippen LogP) is -0.530. The van der Waals surface area contributed by atoms with Gasteiger partial charge in [-0.05, 0) is 18.6 Å². The summed E-state index contributed by atoms with van der Waals surface area (Å²) < 4.78 is 28.8. The number of aliphatic hydroxyl groups is 1. The standard InChI is InChI=1S/C5H12O9P2/c1-4(3-6)2-5(13-15(7,8)9)14-16(10,11)12/h2,5-6H,3H2,1H3,(H2,7,8,9)(H2,10,11,12)/b4-2+. The molecule has 0 amide bonds. The topological polar surface area (TPSA) is 154 Å². The second-order valence-corrected chi connectivity index (χ2v) is 5.12. The fourth-order valence-corrected chi connectivity index (χ4v) is 1.45. The van der Waals surface area contributed by atoms with Gasteiger partial charge in [-0.1, -0.05) is 0 Å². The highest BCUT2D eigenvalue weighted by atomic mass is 31.2. The molecule has 0 heterocycles. The van der Waals surface area contributed by atoms with Crippen LogP contribution in [0.3, 0.4) is 0 Å². The Bertz CT molecular complexity index is 314. The normalized spacial score (nSPS) is 14.6. The van der Waals surface area contributed by atoms with E-state index in [0.29, 0.717) is 0 Å². The highest BCUT2D eigenvalue weighted by Crippen LogP contribution is 2.44. The predicted molar refractivity (Wildman–Crippen MR) is 50.9 cm³/mol. The third-order valence-electron chi connectivity index (χ3n) is 1.15. The number of aliphatic hydroxyl groups excluding tert-OH is 1. The molecule has 5 N–H and O–H groups in total. The average molecular weight is 278 g/mol. The molecule has 0 spiro atoms. The van der Waals surface area contributed by atoms with Crippen LogP contribution in [0.5, 0.6) is 0 Å². The lowest BCUT2D eigenvalue weighted by Crippen LogP contribution is -2.13. The van der Waals surface area contributed by atoms with Gasteiger partial charge >= 0.3 is 15.6 Å². The van der Waals surface area contributed by atoms with Crippen molar-refractivity contribution in [3.05, 3.63) is 11.6 Å². The van der Waals surface area contributed by atoms with Gasteiger partial charge in [0.05, 0.1) is 6.61 Å². The van der Waals surface area contributed by atoms with Crippen molar-refractivity contribution in [1.29, 1.82) is 0 Å². The molecule has 96 valence electrons. The van der Waals surface area contributed by atoms with E-state index in [-0.39, 0.29) is 5.57 Å². The van der Waals surface area contributed by atoms with Gasteiger partial charge in [0.1, 0.15) is 0 Å². The zero-order valence-corrected chi connectivity index (χ0v) is 9.91. The summed E-state index contributed by atoms with van der Waals surface area (Å²) in [4.78, 5) is 33.7. The molecule has 0 aromatic heterocycles. The Morgan fingerprint density at radius 3 is 1.81 bits per heavy atom. The van der Waals surface area contributed by atoms with Gasteiger partial charge < -0.3 is 24.7 Å². The molecule has 0 aromatic rings. The Kier molecular flexibility index (Phi) is 5.99. The van der Waals surface area contributed by atoms with Gasteiger partial charge in [0.25, 0.3) is 0 Å². The Morgan fingerprint density at radius 1 is 1.19 bits per heavy atom. The van der Waals surface area contributed by atoms with Crippen molar-refractivity contribution < 1.29 is 42.9 Å². The van der Waals surface area contributed by atoms with Gasteiger partial charge in [0.15, 0.2) is 6.29 Å². The minimum atomic E-state index is -4.97. The van der Waals surface area contributed by atoms with Crippen LogP contribution in [0.25, 0.3) is 0 Å². The van der Waals surface area contributed by atoms with Gasteiger partial charge in [-0.2, -0.15) is 0 Å². The highest BCUT2D eigenvalue weighted by molar-refractivity contribution is 7.47. The van der Waals surface area contributed by atoms with E-state index in [1.165, 1.54) is 6.92 Å². The van der Waals surface area contributed by atoms with Gasteiger partial charge in [-0.25, -0.2) is 9.13 Å². The molecule has 0 atom stereocenters. The van der Waals surface area contributed by atoms with E-state index in [4.69, 9.17) is 24.7 Å². The first-order valence-corrected chi connectivity index (χ1v) is 6.85. The zero-order valence-electron chi connectivity index (χ0n) is 8.13. The van der Waals surface area contributed by atoms with Crippen molar-refractivity contribution in [3.63, 3.8) is 0 Å². The van der Waals surface area contributed by atoms with E-state index in [1.807, 2.05) is 0 Å². The van der Waals surface area contributed by atoms with Crippen LogP contribution in [0.2, 0.25) is 0 Å². The largest absolute Gasteiger partial charge is 0.472 e. The lowest BCUT2D eigenvalue weighted by molar-refractivity contribution is 0.000349. The van der Waals surface area contributed by atoms with Crippen LogP contribution in [0.4, 0.5) is 0 Å². The third-order valence-corrected chi connectivity index (χ3v) is 2.12. The molecule has 0 fully saturated rings. The van der Waals surface area contributed by atoms with Crippen LogP contribution in [0.15, 0.2) is 11.6 Å². The number of phosphoric acid groups is 2. The molecule has 0 aromatic carbocycles. The van der Waals surface area contributed by atoms with Crippen molar-refractivity contribution in [2.45, 2.75) is 13.2 Å². The van der Waals surface area contributed by atoms with E-state index >= 15 is 0 Å². The summed E-state index contributed by atoms with van der Waals surface area (Å²) in [5, 5.41) is 8.61. The molecule has 0 saturated carbocycles. The van der Waals surface area contributed by atoms with Crippen LogP contribution < -0.4 is 0 Å². The highest BCUT2D eigenvalue weighted by Gasteiger charge is 2.27. The van der Waals surface area contributed by atoms with Crippen molar-refractivity contribution >= 4 is 15.6 Å². The number of hydrogen-bond donors (Lipinski definition) is 5. The molecular weight excluding hydrogens is 266 g/mol. The lowest BCUT2D eigenvalue weighted by atomic mass is 10.3. The number of hydrogen-bond acceptors (Lipinski definition) is 5. The Balaban J connectivity index is 4.78. The second kappa shape index (κ2) is 6.02. The summed E-state index contributed by atoms with van der Waals surface area (Å²) in [6.45, 7) is 0.866. The first-order valence-electron chi connectivity index (χ1n) is 3.79. The molecule has 0 aliphatic carbocycles. The summed E-state index contributed by atoms with van der Waals surface area (Å²) in [5.74, 6) is 0. The molecule has 9 nitrogen and oxygen atoms in total. The molecule has 16 heavy (non-hydrogen) atoms. The third kappa shape index (κ3) is 9.17. The van der Waals surface area contributed by atoms with Crippen LogP contribution in [-0.4, -0.2) is 37.6 Å². The van der Waals surface area contributed by atoms with Crippen molar-refractivity contribution in [3.8, 4) is 0 Å². The SMILES string of the molecule is C/C(=C\C(OP(=O)(O)O)OP(=O)(O)O)CO. The fourth-order valence-electron chi connectivity index (χ4n) is 0.636. The Hall–Kier alpha value is -0.0800. The zero-order chi connectivity index (χ0) is 13.0. The molecule has 0 radical (unpaired) electrons. The van der Waals surface area contributed by atoms with E-state index in [9.17, 15) is 9.13 Å². The number of rotatable bonds is 6. The Labute approximate surface area is 90.8 Å². The van der Waals surface area contributed by atoms with E-state index in [1.54, 1.807) is 0 Å². The summed E-state index contributed by atoms with van der Waals surface area (Å²) in [6.07, 6.45) is -1.12. The van der Waals surface area contributed by atoms with Crippen molar-refractivity contribution in [2.75, 3.05) is 6.61 Å². The smallest absolute Gasteiger partial charge is 0.392 e. The maximum absolute atomic E-state index is 10.4. The van der Waals surface area contributed by atoms with Gasteiger partial charge in [0, 0.05) is 0 Å². The van der Waals surface area contributed by atoms with Crippen LogP contribution >= 0.6 is 15.6 Å². The second-order valence-electron chi connectivity index (χ2n) is 2.73. The molecule has 0 rings (SSSR count). The number of phosphoric ester groups is 2. The summed E-state index contributed by atoms with van der Waals surface area (Å²) in [5.41, 5.74) is 0.159. The van der Waals surface area contributed by atoms with E-state index in [2.05, 4.69) is 9.05 Å². The monoisotopic (exact) mass is 278 g/mol. The van der Waals surface area contributed by atoms with Crippen LogP contribution in [0.1, 0.15) is 6.92 Å². The molecule has 0 aliphatic rings. The summed E-state index contributed by atoms with van der Waals surface area (Å²) in [7, 11) is -9.94. The first kappa shape index (κ1) is 15.9. The van der Waals surface area contributed by atoms with E-state index in [0.717, 1.165) is 6.08 Å². The van der Waals surface area contributed by atoms with Crippen molar-refractivity contribution in [1.82, 2.24) is 0 Å². The average Bonchev–Trinajstić information content (AvgIpc) is 1.97. The van der Waals surface area contributed by atoms with Crippen LogP contribution in [-0.2, 0) is 18.2 Å². The molecular formula is C5H12O9P2. The fraction of sp³-hybridized carbons (Fsp3) is 0.600. The molecule has 0 saturated heterocycles. The first-order chi connectivity index (χ1) is 7.03. The molecule has 0 aliphatic heterocycles. The van der Waals surface area contributed by atoms with Crippen molar-refractivity contribution in [2.24, 2.45) is 0 Å². The molecule has 0 unspecified atom stereocenters.